The molecule has 0 aliphatic rings. The van der Waals surface area contributed by atoms with Gasteiger partial charge in [-0.15, -0.1) is 0 Å². The van der Waals surface area contributed by atoms with Gasteiger partial charge in [0.15, 0.2) is 5.39 Å². The lowest BCUT2D eigenvalue weighted by atomic mass is 10.1. The predicted molar refractivity (Wildman–Crippen MR) is 112 cm³/mol. The van der Waals surface area contributed by atoms with Crippen LogP contribution >= 0.6 is 15.9 Å². The summed E-state index contributed by atoms with van der Waals surface area (Å²) in [6, 6.07) is 14.3. The molecule has 142 valence electrons. The SMILES string of the molecule is COCCCn1c(-c2ccc(Br)cc2)nc2oc3ccccc3c(=O)c2c1=O. The summed E-state index contributed by atoms with van der Waals surface area (Å²) >= 11 is 3.41. The maximum atomic E-state index is 13.3. The number of rotatable bonds is 5. The van der Waals surface area contributed by atoms with Crippen LogP contribution in [0, 0.1) is 0 Å². The molecule has 0 aliphatic carbocycles. The first-order valence-electron chi connectivity index (χ1n) is 8.81. The van der Waals surface area contributed by atoms with Gasteiger partial charge in [0.05, 0.1) is 5.39 Å². The summed E-state index contributed by atoms with van der Waals surface area (Å²) in [4.78, 5) is 30.8. The lowest BCUT2D eigenvalue weighted by Crippen LogP contribution is -2.28. The lowest BCUT2D eigenvalue weighted by Gasteiger charge is -2.13. The summed E-state index contributed by atoms with van der Waals surface area (Å²) in [5.41, 5.74) is 0.451. The van der Waals surface area contributed by atoms with E-state index in [0.29, 0.717) is 36.4 Å². The van der Waals surface area contributed by atoms with E-state index >= 15 is 0 Å². The van der Waals surface area contributed by atoms with Gasteiger partial charge in [-0.3, -0.25) is 14.2 Å². The Bertz CT molecular complexity index is 1280. The first-order valence-corrected chi connectivity index (χ1v) is 9.60. The van der Waals surface area contributed by atoms with Crippen LogP contribution in [0.3, 0.4) is 0 Å². The Balaban J connectivity index is 2.04. The van der Waals surface area contributed by atoms with Crippen molar-refractivity contribution in [3.63, 3.8) is 0 Å². The summed E-state index contributed by atoms with van der Waals surface area (Å²) in [5, 5.41) is 0.339. The van der Waals surface area contributed by atoms with Crippen LogP contribution < -0.4 is 11.0 Å². The molecule has 2 heterocycles. The highest BCUT2D eigenvalue weighted by molar-refractivity contribution is 9.10. The van der Waals surface area contributed by atoms with Crippen molar-refractivity contribution in [1.82, 2.24) is 9.55 Å². The second-order valence-electron chi connectivity index (χ2n) is 6.35. The molecule has 0 unspecified atom stereocenters. The molecule has 28 heavy (non-hydrogen) atoms. The Morgan fingerprint density at radius 1 is 1.11 bits per heavy atom. The van der Waals surface area contributed by atoms with Crippen molar-refractivity contribution in [3.05, 3.63) is 73.6 Å². The number of hydrogen-bond donors (Lipinski definition) is 0. The van der Waals surface area contributed by atoms with E-state index in [1.807, 2.05) is 24.3 Å². The van der Waals surface area contributed by atoms with Crippen molar-refractivity contribution in [1.29, 1.82) is 0 Å². The molecule has 0 aliphatic heterocycles. The number of methoxy groups -OCH3 is 1. The molecule has 0 bridgehead atoms. The zero-order valence-corrected chi connectivity index (χ0v) is 16.7. The van der Waals surface area contributed by atoms with Gasteiger partial charge < -0.3 is 9.15 Å². The summed E-state index contributed by atoms with van der Waals surface area (Å²) in [6.07, 6.45) is 0.617. The third-order valence-electron chi connectivity index (χ3n) is 4.53. The van der Waals surface area contributed by atoms with Crippen molar-refractivity contribution in [2.45, 2.75) is 13.0 Å². The minimum absolute atomic E-state index is 0.0306. The highest BCUT2D eigenvalue weighted by Gasteiger charge is 2.18. The summed E-state index contributed by atoms with van der Waals surface area (Å²) in [6.45, 7) is 0.879. The number of ether oxygens (including phenoxy) is 1. The standard InChI is InChI=1S/C21H17BrN2O4/c1-27-12-4-11-24-19(13-7-9-14(22)10-8-13)23-20-17(21(24)26)18(25)15-5-2-3-6-16(15)28-20/h2-3,5-10H,4,11-12H2,1H3. The number of benzene rings is 2. The molecule has 0 spiro atoms. The van der Waals surface area contributed by atoms with Crippen LogP contribution in [0.1, 0.15) is 6.42 Å². The molecule has 4 rings (SSSR count). The van der Waals surface area contributed by atoms with E-state index in [-0.39, 0.29) is 16.5 Å². The van der Waals surface area contributed by atoms with Gasteiger partial charge in [0.1, 0.15) is 11.4 Å². The number of nitrogens with zero attached hydrogens (tertiary/aromatic N) is 2. The Kier molecular flexibility index (Phi) is 5.11. The third kappa shape index (κ3) is 3.27. The lowest BCUT2D eigenvalue weighted by molar-refractivity contribution is 0.190. The monoisotopic (exact) mass is 440 g/mol. The molecule has 4 aromatic rings. The molecule has 0 N–H and O–H groups in total. The van der Waals surface area contributed by atoms with E-state index < -0.39 is 5.56 Å². The van der Waals surface area contributed by atoms with E-state index in [2.05, 4.69) is 20.9 Å². The number of fused-ring (bicyclic) bond motifs is 2. The van der Waals surface area contributed by atoms with E-state index in [4.69, 9.17) is 9.15 Å². The molecule has 0 radical (unpaired) electrons. The van der Waals surface area contributed by atoms with E-state index in [9.17, 15) is 9.59 Å². The van der Waals surface area contributed by atoms with Crippen LogP contribution in [0.4, 0.5) is 0 Å². The van der Waals surface area contributed by atoms with Gasteiger partial charge in [-0.2, -0.15) is 4.98 Å². The van der Waals surface area contributed by atoms with Crippen LogP contribution in [-0.4, -0.2) is 23.3 Å². The second kappa shape index (κ2) is 7.69. The first-order chi connectivity index (χ1) is 13.6. The van der Waals surface area contributed by atoms with Crippen LogP contribution in [-0.2, 0) is 11.3 Å². The first kappa shape index (κ1) is 18.6. The Hall–Kier alpha value is -2.77. The average Bonchev–Trinajstić information content (AvgIpc) is 2.70. The summed E-state index contributed by atoms with van der Waals surface area (Å²) < 4.78 is 13.4. The quantitative estimate of drug-likeness (QED) is 0.346. The van der Waals surface area contributed by atoms with Gasteiger partial charge in [0.25, 0.3) is 5.56 Å². The molecule has 0 saturated carbocycles. The van der Waals surface area contributed by atoms with Crippen molar-refractivity contribution in [2.24, 2.45) is 0 Å². The van der Waals surface area contributed by atoms with Crippen molar-refractivity contribution in [2.75, 3.05) is 13.7 Å². The maximum Gasteiger partial charge on any atom is 0.269 e. The fourth-order valence-electron chi connectivity index (χ4n) is 3.18. The summed E-state index contributed by atoms with van der Waals surface area (Å²) in [7, 11) is 1.61. The number of hydrogen-bond acceptors (Lipinski definition) is 5. The van der Waals surface area contributed by atoms with E-state index in [1.165, 1.54) is 4.57 Å². The van der Waals surface area contributed by atoms with Crippen molar-refractivity contribution in [3.8, 4) is 11.4 Å². The second-order valence-corrected chi connectivity index (χ2v) is 7.27. The summed E-state index contributed by atoms with van der Waals surface area (Å²) in [5.74, 6) is 0.458. The predicted octanol–water partition coefficient (Wildman–Crippen LogP) is 3.97. The minimum Gasteiger partial charge on any atom is -0.437 e. The van der Waals surface area contributed by atoms with Gasteiger partial charge >= 0.3 is 0 Å². The van der Waals surface area contributed by atoms with Crippen LogP contribution in [0.2, 0.25) is 0 Å². The molecule has 7 heteroatoms. The smallest absolute Gasteiger partial charge is 0.269 e. The Labute approximate surface area is 168 Å². The highest BCUT2D eigenvalue weighted by atomic mass is 79.9. The van der Waals surface area contributed by atoms with E-state index in [1.54, 1.807) is 31.4 Å². The molecule has 0 saturated heterocycles. The number of para-hydroxylation sites is 1. The minimum atomic E-state index is -0.404. The van der Waals surface area contributed by atoms with E-state index in [0.717, 1.165) is 10.0 Å². The maximum absolute atomic E-state index is 13.3. The fourth-order valence-corrected chi connectivity index (χ4v) is 3.44. The molecule has 0 fully saturated rings. The van der Waals surface area contributed by atoms with Gasteiger partial charge in [-0.1, -0.05) is 40.2 Å². The zero-order valence-electron chi connectivity index (χ0n) is 15.1. The number of aromatic nitrogens is 2. The van der Waals surface area contributed by atoms with Crippen LogP contribution in [0.25, 0.3) is 33.5 Å². The van der Waals surface area contributed by atoms with Gasteiger partial charge in [-0.25, -0.2) is 0 Å². The van der Waals surface area contributed by atoms with Crippen molar-refractivity contribution < 1.29 is 9.15 Å². The van der Waals surface area contributed by atoms with Gasteiger partial charge in [0, 0.05) is 30.3 Å². The normalized spacial score (nSPS) is 11.4. The molecule has 2 aromatic carbocycles. The Morgan fingerprint density at radius 3 is 2.61 bits per heavy atom. The topological polar surface area (TPSA) is 74.3 Å². The van der Waals surface area contributed by atoms with Gasteiger partial charge in [0.2, 0.25) is 11.1 Å². The Morgan fingerprint density at radius 2 is 1.86 bits per heavy atom. The third-order valence-corrected chi connectivity index (χ3v) is 5.06. The highest BCUT2D eigenvalue weighted by Crippen LogP contribution is 2.22. The van der Waals surface area contributed by atoms with Crippen LogP contribution in [0.5, 0.6) is 0 Å². The number of halogens is 1. The average molecular weight is 441 g/mol. The zero-order chi connectivity index (χ0) is 19.7. The molecular weight excluding hydrogens is 424 g/mol. The molecule has 0 atom stereocenters. The van der Waals surface area contributed by atoms with Gasteiger partial charge in [-0.05, 0) is 30.7 Å². The molecule has 6 nitrogen and oxygen atoms in total. The van der Waals surface area contributed by atoms with Crippen LogP contribution in [0.15, 0.2) is 67.0 Å². The van der Waals surface area contributed by atoms with Crippen molar-refractivity contribution >= 4 is 38.0 Å². The largest absolute Gasteiger partial charge is 0.437 e. The molecular formula is C21H17BrN2O4. The molecule has 2 aromatic heterocycles. The molecule has 0 amide bonds. The fraction of sp³-hybridized carbons (Fsp3) is 0.190.